The van der Waals surface area contributed by atoms with Crippen molar-refractivity contribution in [2.75, 3.05) is 6.61 Å². The Balaban J connectivity index is 2.25. The van der Waals surface area contributed by atoms with Crippen molar-refractivity contribution >= 4 is 6.29 Å². The van der Waals surface area contributed by atoms with Crippen LogP contribution in [0.3, 0.4) is 0 Å². The van der Waals surface area contributed by atoms with E-state index in [1.54, 1.807) is 0 Å². The lowest BCUT2D eigenvalue weighted by Crippen LogP contribution is -2.05. The van der Waals surface area contributed by atoms with Gasteiger partial charge in [-0.25, -0.2) is 9.97 Å². The molecule has 2 aromatic rings. The number of halogens is 3. The number of nitrogens with zero attached hydrogens (tertiary/aromatic N) is 2. The Morgan fingerprint density at radius 2 is 1.90 bits per heavy atom. The topological polar surface area (TPSA) is 52.1 Å². The van der Waals surface area contributed by atoms with Gasteiger partial charge < -0.3 is 4.74 Å². The maximum absolute atomic E-state index is 12.6. The number of benzene rings is 1. The predicted octanol–water partition coefficient (Wildman–Crippen LogP) is 2.74. The van der Waals surface area contributed by atoms with Crippen LogP contribution in [0.1, 0.15) is 5.56 Å². The molecule has 0 spiro atoms. The first-order valence-electron chi connectivity index (χ1n) is 5.57. The van der Waals surface area contributed by atoms with E-state index >= 15 is 0 Å². The number of aldehydes is 1. The fraction of sp³-hybridized carbons (Fsp3) is 0.154. The highest BCUT2D eigenvalue weighted by atomic mass is 19.4. The standard InChI is InChI=1S/C13H9F3N2O2/c14-13(15,16)10-3-1-2-9(6-10)12-17-7-11(8-18-12)20-5-4-19/h1-4,6-8H,5H2. The number of rotatable bonds is 4. The summed E-state index contributed by atoms with van der Waals surface area (Å²) in [6.07, 6.45) is -1.25. The van der Waals surface area contributed by atoms with E-state index in [9.17, 15) is 18.0 Å². The van der Waals surface area contributed by atoms with Crippen molar-refractivity contribution in [3.8, 4) is 17.1 Å². The van der Waals surface area contributed by atoms with Crippen LogP contribution in [0.5, 0.6) is 5.75 Å². The van der Waals surface area contributed by atoms with Crippen LogP contribution in [-0.2, 0) is 11.0 Å². The molecule has 104 valence electrons. The van der Waals surface area contributed by atoms with Gasteiger partial charge in [0.1, 0.15) is 6.61 Å². The zero-order valence-electron chi connectivity index (χ0n) is 10.1. The first kappa shape index (κ1) is 14.0. The molecule has 1 aromatic carbocycles. The molecule has 7 heteroatoms. The molecule has 0 fully saturated rings. The third-order valence-corrected chi connectivity index (χ3v) is 2.39. The second kappa shape index (κ2) is 5.68. The molecule has 4 nitrogen and oxygen atoms in total. The van der Waals surface area contributed by atoms with Crippen molar-refractivity contribution in [3.05, 3.63) is 42.2 Å². The van der Waals surface area contributed by atoms with Crippen molar-refractivity contribution in [3.63, 3.8) is 0 Å². The Hall–Kier alpha value is -2.44. The summed E-state index contributed by atoms with van der Waals surface area (Å²) in [7, 11) is 0. The van der Waals surface area contributed by atoms with Gasteiger partial charge in [-0.2, -0.15) is 13.2 Å². The van der Waals surface area contributed by atoms with Gasteiger partial charge in [0.2, 0.25) is 0 Å². The van der Waals surface area contributed by atoms with E-state index in [4.69, 9.17) is 4.74 Å². The highest BCUT2D eigenvalue weighted by Gasteiger charge is 2.30. The Labute approximate surface area is 112 Å². The van der Waals surface area contributed by atoms with Crippen molar-refractivity contribution in [2.24, 2.45) is 0 Å². The van der Waals surface area contributed by atoms with Crippen LogP contribution >= 0.6 is 0 Å². The molecule has 1 aromatic heterocycles. The number of carbonyl (C=O) groups excluding carboxylic acids is 1. The number of hydrogen-bond donors (Lipinski definition) is 0. The summed E-state index contributed by atoms with van der Waals surface area (Å²) in [6, 6.07) is 4.72. The fourth-order valence-corrected chi connectivity index (χ4v) is 1.50. The zero-order valence-corrected chi connectivity index (χ0v) is 10.1. The van der Waals surface area contributed by atoms with Crippen LogP contribution in [-0.4, -0.2) is 22.9 Å². The second-order valence-corrected chi connectivity index (χ2v) is 3.80. The molecule has 0 radical (unpaired) electrons. The average molecular weight is 282 g/mol. The van der Waals surface area contributed by atoms with Crippen molar-refractivity contribution in [1.29, 1.82) is 0 Å². The summed E-state index contributed by atoms with van der Waals surface area (Å²) in [6.45, 7) is -0.133. The molecule has 0 aliphatic rings. The molecule has 0 aliphatic carbocycles. The van der Waals surface area contributed by atoms with Crippen molar-refractivity contribution in [2.45, 2.75) is 6.18 Å². The second-order valence-electron chi connectivity index (χ2n) is 3.80. The molecule has 20 heavy (non-hydrogen) atoms. The van der Waals surface area contributed by atoms with Crippen LogP contribution in [0.25, 0.3) is 11.4 Å². The molecule has 0 aliphatic heterocycles. The largest absolute Gasteiger partial charge is 0.483 e. The maximum atomic E-state index is 12.6. The molecular weight excluding hydrogens is 273 g/mol. The molecule has 0 unspecified atom stereocenters. The summed E-state index contributed by atoms with van der Waals surface area (Å²) >= 11 is 0. The van der Waals surface area contributed by atoms with Gasteiger partial charge in [-0.05, 0) is 12.1 Å². The number of hydrogen-bond acceptors (Lipinski definition) is 4. The lowest BCUT2D eigenvalue weighted by atomic mass is 10.1. The van der Waals surface area contributed by atoms with E-state index in [2.05, 4.69) is 9.97 Å². The van der Waals surface area contributed by atoms with Crippen LogP contribution < -0.4 is 4.74 Å². The lowest BCUT2D eigenvalue weighted by molar-refractivity contribution is -0.137. The van der Waals surface area contributed by atoms with Gasteiger partial charge in [0, 0.05) is 5.56 Å². The lowest BCUT2D eigenvalue weighted by Gasteiger charge is -2.08. The normalized spacial score (nSPS) is 11.2. The van der Waals surface area contributed by atoms with Crippen LogP contribution in [0.15, 0.2) is 36.7 Å². The van der Waals surface area contributed by atoms with Crippen LogP contribution in [0.4, 0.5) is 13.2 Å². The number of aromatic nitrogens is 2. The minimum atomic E-state index is -4.41. The molecule has 1 heterocycles. The first-order valence-corrected chi connectivity index (χ1v) is 5.57. The molecule has 0 N–H and O–H groups in total. The number of alkyl halides is 3. The van der Waals surface area contributed by atoms with E-state index in [0.717, 1.165) is 12.1 Å². The van der Waals surface area contributed by atoms with Crippen molar-refractivity contribution < 1.29 is 22.7 Å². The van der Waals surface area contributed by atoms with Gasteiger partial charge in [0.15, 0.2) is 17.9 Å². The summed E-state index contributed by atoms with van der Waals surface area (Å²) in [5.41, 5.74) is -0.512. The van der Waals surface area contributed by atoms with Gasteiger partial charge in [0.25, 0.3) is 0 Å². The molecule has 0 saturated carbocycles. The molecule has 2 rings (SSSR count). The minimum Gasteiger partial charge on any atom is -0.483 e. The Kier molecular flexibility index (Phi) is 3.97. The van der Waals surface area contributed by atoms with Crippen molar-refractivity contribution in [1.82, 2.24) is 9.97 Å². The Morgan fingerprint density at radius 3 is 2.50 bits per heavy atom. The predicted molar refractivity (Wildman–Crippen MR) is 64.0 cm³/mol. The van der Waals surface area contributed by atoms with E-state index in [-0.39, 0.29) is 23.7 Å². The van der Waals surface area contributed by atoms with Crippen LogP contribution in [0, 0.1) is 0 Å². The van der Waals surface area contributed by atoms with Gasteiger partial charge in [-0.1, -0.05) is 12.1 Å². The van der Waals surface area contributed by atoms with E-state index in [1.165, 1.54) is 24.5 Å². The van der Waals surface area contributed by atoms with E-state index < -0.39 is 11.7 Å². The van der Waals surface area contributed by atoms with E-state index in [1.807, 2.05) is 0 Å². The van der Waals surface area contributed by atoms with Gasteiger partial charge in [0.05, 0.1) is 18.0 Å². The quantitative estimate of drug-likeness (QED) is 0.809. The van der Waals surface area contributed by atoms with Gasteiger partial charge >= 0.3 is 6.18 Å². The highest BCUT2D eigenvalue weighted by Crippen LogP contribution is 2.31. The SMILES string of the molecule is O=CCOc1cnc(-c2cccc(C(F)(F)F)c2)nc1. The molecule has 0 atom stereocenters. The Morgan fingerprint density at radius 1 is 1.20 bits per heavy atom. The average Bonchev–Trinajstić information content (AvgIpc) is 2.45. The molecule has 0 saturated heterocycles. The maximum Gasteiger partial charge on any atom is 0.416 e. The first-order chi connectivity index (χ1) is 9.50. The summed E-state index contributed by atoms with van der Waals surface area (Å²) < 4.78 is 42.7. The summed E-state index contributed by atoms with van der Waals surface area (Å²) in [5.74, 6) is 0.419. The van der Waals surface area contributed by atoms with Gasteiger partial charge in [-0.15, -0.1) is 0 Å². The fourth-order valence-electron chi connectivity index (χ4n) is 1.50. The zero-order chi connectivity index (χ0) is 14.6. The van der Waals surface area contributed by atoms with Crippen LogP contribution in [0.2, 0.25) is 0 Å². The minimum absolute atomic E-state index is 0.133. The van der Waals surface area contributed by atoms with Gasteiger partial charge in [-0.3, -0.25) is 4.79 Å². The smallest absolute Gasteiger partial charge is 0.416 e. The number of carbonyl (C=O) groups is 1. The monoisotopic (exact) mass is 282 g/mol. The number of ether oxygens (including phenoxy) is 1. The third-order valence-electron chi connectivity index (χ3n) is 2.39. The van der Waals surface area contributed by atoms with E-state index in [0.29, 0.717) is 6.29 Å². The molecule has 0 amide bonds. The summed E-state index contributed by atoms with van der Waals surface area (Å²) in [4.78, 5) is 17.9. The Bertz CT molecular complexity index is 597. The molecule has 0 bridgehead atoms. The third kappa shape index (κ3) is 3.31. The summed E-state index contributed by atoms with van der Waals surface area (Å²) in [5, 5.41) is 0. The highest BCUT2D eigenvalue weighted by molar-refractivity contribution is 5.56. The molecular formula is C13H9F3N2O2.